The molecule has 1 saturated carbocycles. The summed E-state index contributed by atoms with van der Waals surface area (Å²) in [7, 11) is 1.76. The van der Waals surface area contributed by atoms with Crippen LogP contribution in [0, 0.1) is 5.82 Å². The average molecular weight is 302 g/mol. The van der Waals surface area contributed by atoms with E-state index >= 15 is 0 Å². The molecule has 1 fully saturated rings. The van der Waals surface area contributed by atoms with Gasteiger partial charge in [-0.2, -0.15) is 0 Å². The highest BCUT2D eigenvalue weighted by molar-refractivity contribution is 9.10. The van der Waals surface area contributed by atoms with Gasteiger partial charge in [-0.3, -0.25) is 0 Å². The lowest BCUT2D eigenvalue weighted by atomic mass is 10.2. The topological polar surface area (TPSA) is 21.3 Å². The molecule has 94 valence electrons. The minimum atomic E-state index is -0.203. The van der Waals surface area contributed by atoms with Crippen LogP contribution in [0.15, 0.2) is 22.7 Å². The number of halogens is 2. The summed E-state index contributed by atoms with van der Waals surface area (Å²) in [6.07, 6.45) is 3.68. The zero-order valence-corrected chi connectivity index (χ0v) is 11.5. The Morgan fingerprint density at radius 2 is 2.29 bits per heavy atom. The Kier molecular flexibility index (Phi) is 4.54. The molecule has 0 radical (unpaired) electrons. The predicted octanol–water partition coefficient (Wildman–Crippen LogP) is 3.25. The van der Waals surface area contributed by atoms with E-state index in [9.17, 15) is 4.39 Å². The molecule has 1 aromatic carbocycles. The van der Waals surface area contributed by atoms with Crippen LogP contribution in [-0.2, 0) is 11.3 Å². The molecule has 2 atom stereocenters. The minimum absolute atomic E-state index is 0.203. The van der Waals surface area contributed by atoms with Crippen LogP contribution in [0.1, 0.15) is 24.8 Å². The predicted molar refractivity (Wildman–Crippen MR) is 69.4 cm³/mol. The van der Waals surface area contributed by atoms with Crippen molar-refractivity contribution in [2.45, 2.75) is 38.0 Å². The second-order valence-electron chi connectivity index (χ2n) is 4.50. The molecule has 1 aliphatic rings. The molecule has 2 rings (SSSR count). The average Bonchev–Trinajstić information content (AvgIpc) is 2.79. The first-order chi connectivity index (χ1) is 8.19. The molecule has 0 aliphatic heterocycles. The molecule has 4 heteroatoms. The molecular weight excluding hydrogens is 285 g/mol. The van der Waals surface area contributed by atoms with Crippen LogP contribution in [0.2, 0.25) is 0 Å². The maximum absolute atomic E-state index is 13.3. The maximum Gasteiger partial charge on any atom is 0.137 e. The Bertz CT molecular complexity index is 386. The van der Waals surface area contributed by atoms with E-state index in [2.05, 4.69) is 21.2 Å². The number of ether oxygens (including phenoxy) is 1. The molecule has 1 aromatic rings. The van der Waals surface area contributed by atoms with Gasteiger partial charge in [-0.15, -0.1) is 0 Å². The van der Waals surface area contributed by atoms with Crippen molar-refractivity contribution < 1.29 is 9.13 Å². The molecule has 1 N–H and O–H groups in total. The van der Waals surface area contributed by atoms with E-state index < -0.39 is 0 Å². The van der Waals surface area contributed by atoms with E-state index in [1.165, 1.54) is 0 Å². The summed E-state index contributed by atoms with van der Waals surface area (Å²) >= 11 is 3.15. The van der Waals surface area contributed by atoms with Gasteiger partial charge in [0.25, 0.3) is 0 Å². The fraction of sp³-hybridized carbons (Fsp3) is 0.538. The summed E-state index contributed by atoms with van der Waals surface area (Å²) in [4.78, 5) is 0. The van der Waals surface area contributed by atoms with E-state index in [4.69, 9.17) is 4.74 Å². The van der Waals surface area contributed by atoms with Crippen LogP contribution in [-0.4, -0.2) is 19.3 Å². The highest BCUT2D eigenvalue weighted by atomic mass is 79.9. The van der Waals surface area contributed by atoms with E-state index in [1.807, 2.05) is 6.07 Å². The van der Waals surface area contributed by atoms with E-state index in [1.54, 1.807) is 19.2 Å². The summed E-state index contributed by atoms with van der Waals surface area (Å²) in [6.45, 7) is 0.714. The number of rotatable bonds is 4. The highest BCUT2D eigenvalue weighted by Gasteiger charge is 2.23. The van der Waals surface area contributed by atoms with Crippen LogP contribution in [0.4, 0.5) is 4.39 Å². The first-order valence-electron chi connectivity index (χ1n) is 5.89. The third-order valence-electron chi connectivity index (χ3n) is 3.30. The molecular formula is C13H17BrFNO. The van der Waals surface area contributed by atoms with Crippen molar-refractivity contribution >= 4 is 15.9 Å². The number of methoxy groups -OCH3 is 1. The van der Waals surface area contributed by atoms with Gasteiger partial charge in [-0.1, -0.05) is 6.07 Å². The summed E-state index contributed by atoms with van der Waals surface area (Å²) in [5.41, 5.74) is 0.978. The Morgan fingerprint density at radius 1 is 1.47 bits per heavy atom. The molecule has 0 aromatic heterocycles. The van der Waals surface area contributed by atoms with Crippen molar-refractivity contribution in [2.24, 2.45) is 0 Å². The van der Waals surface area contributed by atoms with Gasteiger partial charge >= 0.3 is 0 Å². The molecule has 2 unspecified atom stereocenters. The molecule has 0 amide bonds. The zero-order chi connectivity index (χ0) is 12.3. The smallest absolute Gasteiger partial charge is 0.137 e. The lowest BCUT2D eigenvalue weighted by molar-refractivity contribution is 0.107. The Balaban J connectivity index is 1.84. The Morgan fingerprint density at radius 3 is 2.94 bits per heavy atom. The quantitative estimate of drug-likeness (QED) is 0.922. The first kappa shape index (κ1) is 13.0. The molecule has 1 aliphatic carbocycles. The number of benzene rings is 1. The van der Waals surface area contributed by atoms with Crippen LogP contribution >= 0.6 is 15.9 Å². The van der Waals surface area contributed by atoms with Gasteiger partial charge in [0.1, 0.15) is 5.82 Å². The van der Waals surface area contributed by atoms with Gasteiger partial charge in [0, 0.05) is 19.7 Å². The summed E-state index contributed by atoms with van der Waals surface area (Å²) in [6, 6.07) is 5.74. The number of nitrogens with one attached hydrogen (secondary N) is 1. The largest absolute Gasteiger partial charge is 0.381 e. The first-order valence-corrected chi connectivity index (χ1v) is 6.68. The molecule has 0 saturated heterocycles. The lowest BCUT2D eigenvalue weighted by Gasteiger charge is -2.13. The zero-order valence-electron chi connectivity index (χ0n) is 9.88. The third-order valence-corrected chi connectivity index (χ3v) is 3.94. The van der Waals surface area contributed by atoms with Gasteiger partial charge in [-0.25, -0.2) is 4.39 Å². The fourth-order valence-electron chi connectivity index (χ4n) is 2.25. The Labute approximate surface area is 110 Å². The SMILES string of the molecule is COC1CCC(NCc2ccc(Br)c(F)c2)C1. The standard InChI is InChI=1S/C13H17BrFNO/c1-17-11-4-3-10(7-11)16-8-9-2-5-12(14)13(15)6-9/h2,5-6,10-11,16H,3-4,7-8H2,1H3. The van der Waals surface area contributed by atoms with Crippen LogP contribution < -0.4 is 5.32 Å². The maximum atomic E-state index is 13.3. The molecule has 0 spiro atoms. The van der Waals surface area contributed by atoms with Gasteiger partial charge in [0.2, 0.25) is 0 Å². The van der Waals surface area contributed by atoms with Gasteiger partial charge in [0.05, 0.1) is 10.6 Å². The normalized spacial score (nSPS) is 24.2. The van der Waals surface area contributed by atoms with Crippen LogP contribution in [0.3, 0.4) is 0 Å². The fourth-order valence-corrected chi connectivity index (χ4v) is 2.50. The van der Waals surface area contributed by atoms with Crippen molar-refractivity contribution in [3.8, 4) is 0 Å². The van der Waals surface area contributed by atoms with Crippen molar-refractivity contribution in [2.75, 3.05) is 7.11 Å². The highest BCUT2D eigenvalue weighted by Crippen LogP contribution is 2.22. The molecule has 0 bridgehead atoms. The van der Waals surface area contributed by atoms with Crippen molar-refractivity contribution in [3.05, 3.63) is 34.1 Å². The number of hydrogen-bond donors (Lipinski definition) is 1. The van der Waals surface area contributed by atoms with Gasteiger partial charge < -0.3 is 10.1 Å². The third kappa shape index (κ3) is 3.50. The van der Waals surface area contributed by atoms with Crippen LogP contribution in [0.25, 0.3) is 0 Å². The lowest BCUT2D eigenvalue weighted by Crippen LogP contribution is -2.26. The van der Waals surface area contributed by atoms with Gasteiger partial charge in [-0.05, 0) is 52.9 Å². The second kappa shape index (κ2) is 5.94. The number of hydrogen-bond acceptors (Lipinski definition) is 2. The summed E-state index contributed by atoms with van der Waals surface area (Å²) < 4.78 is 19.1. The monoisotopic (exact) mass is 301 g/mol. The molecule has 2 nitrogen and oxygen atoms in total. The van der Waals surface area contributed by atoms with E-state index in [0.717, 1.165) is 24.8 Å². The van der Waals surface area contributed by atoms with Crippen molar-refractivity contribution in [1.82, 2.24) is 5.32 Å². The molecule has 17 heavy (non-hydrogen) atoms. The van der Waals surface area contributed by atoms with Crippen molar-refractivity contribution in [1.29, 1.82) is 0 Å². The second-order valence-corrected chi connectivity index (χ2v) is 5.35. The Hall–Kier alpha value is -0.450. The molecule has 0 heterocycles. The van der Waals surface area contributed by atoms with E-state index in [-0.39, 0.29) is 5.82 Å². The minimum Gasteiger partial charge on any atom is -0.381 e. The van der Waals surface area contributed by atoms with E-state index in [0.29, 0.717) is 23.2 Å². The summed E-state index contributed by atoms with van der Waals surface area (Å²) in [5, 5.41) is 3.45. The van der Waals surface area contributed by atoms with Crippen LogP contribution in [0.5, 0.6) is 0 Å². The van der Waals surface area contributed by atoms with Gasteiger partial charge in [0.15, 0.2) is 0 Å². The summed E-state index contributed by atoms with van der Waals surface area (Å²) in [5.74, 6) is -0.203. The van der Waals surface area contributed by atoms with Crippen molar-refractivity contribution in [3.63, 3.8) is 0 Å².